The number of pyridine rings is 1. The zero-order valence-electron chi connectivity index (χ0n) is 14.9. The maximum atomic E-state index is 12.3. The fraction of sp³-hybridized carbons (Fsp3) is 0.611. The summed E-state index contributed by atoms with van der Waals surface area (Å²) < 4.78 is 11.2. The number of carbonyl (C=O) groups is 2. The van der Waals surface area contributed by atoms with Crippen molar-refractivity contribution in [3.05, 3.63) is 29.1 Å². The number of fused-ring (bicyclic) bond motifs is 2. The van der Waals surface area contributed by atoms with Crippen LogP contribution in [0.15, 0.2) is 12.3 Å². The quantitative estimate of drug-likeness (QED) is 0.683. The van der Waals surface area contributed by atoms with E-state index in [1.165, 1.54) is 0 Å². The Morgan fingerprint density at radius 3 is 2.79 bits per heavy atom. The largest absolute Gasteiger partial charge is 0.448 e. The second-order valence-electron chi connectivity index (χ2n) is 7.77. The van der Waals surface area contributed by atoms with E-state index in [0.29, 0.717) is 30.8 Å². The second kappa shape index (κ2) is 5.46. The Bertz CT molecular complexity index is 695. The number of piperidine rings is 1. The molecule has 3 heterocycles. The first kappa shape index (κ1) is 16.7. The first-order valence-electron chi connectivity index (χ1n) is 8.31. The molecule has 0 N–H and O–H groups in total. The van der Waals surface area contributed by atoms with Crippen LogP contribution in [0.4, 0.5) is 4.79 Å². The highest BCUT2D eigenvalue weighted by Crippen LogP contribution is 2.46. The number of carbonyl (C=O) groups excluding carboxylic acids is 2. The van der Waals surface area contributed by atoms with Crippen molar-refractivity contribution in [3.8, 4) is 0 Å². The van der Waals surface area contributed by atoms with Crippen LogP contribution in [0.1, 0.15) is 55.7 Å². The molecule has 1 saturated heterocycles. The molecule has 1 aromatic heterocycles. The van der Waals surface area contributed by atoms with Gasteiger partial charge in [-0.25, -0.2) is 9.59 Å². The fourth-order valence-electron chi connectivity index (χ4n) is 3.44. The Labute approximate surface area is 142 Å². The first-order chi connectivity index (χ1) is 11.1. The van der Waals surface area contributed by atoms with E-state index in [-0.39, 0.29) is 18.0 Å². The van der Waals surface area contributed by atoms with E-state index in [1.807, 2.05) is 40.7 Å². The molecule has 0 aliphatic carbocycles. The standard InChI is InChI=1S/C18H24N2O4/c1-11-8-13-14(19-9-11)18(23-15(13)21)6-7-20(10-12(18)2)16(22)24-17(3,4)5/h8-9,12H,6-7,10H2,1-5H3. The van der Waals surface area contributed by atoms with Crippen LogP contribution in [0.25, 0.3) is 0 Å². The number of rotatable bonds is 0. The lowest BCUT2D eigenvalue weighted by atomic mass is 9.79. The lowest BCUT2D eigenvalue weighted by Gasteiger charge is -2.42. The fourth-order valence-corrected chi connectivity index (χ4v) is 3.44. The average Bonchev–Trinajstić information content (AvgIpc) is 2.73. The molecule has 1 fully saturated rings. The minimum atomic E-state index is -0.737. The van der Waals surface area contributed by atoms with Crippen LogP contribution in [0.5, 0.6) is 0 Å². The number of nitrogens with zero attached hydrogens (tertiary/aromatic N) is 2. The van der Waals surface area contributed by atoms with E-state index >= 15 is 0 Å². The first-order valence-corrected chi connectivity index (χ1v) is 8.31. The van der Waals surface area contributed by atoms with Gasteiger partial charge in [0.25, 0.3) is 0 Å². The molecule has 6 heteroatoms. The normalized spacial score (nSPS) is 26.3. The van der Waals surface area contributed by atoms with Crippen molar-refractivity contribution >= 4 is 12.1 Å². The number of hydrogen-bond donors (Lipinski definition) is 0. The van der Waals surface area contributed by atoms with Crippen LogP contribution >= 0.6 is 0 Å². The number of ether oxygens (including phenoxy) is 2. The number of esters is 1. The lowest BCUT2D eigenvalue weighted by molar-refractivity contribution is -0.0801. The number of likely N-dealkylation sites (tertiary alicyclic amines) is 1. The smallest absolute Gasteiger partial charge is 0.410 e. The molecule has 0 radical (unpaired) electrons. The minimum absolute atomic E-state index is 0.0563. The van der Waals surface area contributed by atoms with Crippen LogP contribution in [0.2, 0.25) is 0 Å². The second-order valence-corrected chi connectivity index (χ2v) is 7.77. The van der Waals surface area contributed by atoms with Gasteiger partial charge in [-0.2, -0.15) is 0 Å². The molecule has 6 nitrogen and oxygen atoms in total. The van der Waals surface area contributed by atoms with Crippen LogP contribution in [-0.2, 0) is 15.1 Å². The summed E-state index contributed by atoms with van der Waals surface area (Å²) in [7, 11) is 0. The highest BCUT2D eigenvalue weighted by atomic mass is 16.6. The van der Waals surface area contributed by atoms with E-state index < -0.39 is 11.2 Å². The molecule has 1 amide bonds. The predicted octanol–water partition coefficient (Wildman–Crippen LogP) is 3.03. The molecule has 3 rings (SSSR count). The van der Waals surface area contributed by atoms with Crippen molar-refractivity contribution in [2.75, 3.05) is 13.1 Å². The Balaban J connectivity index is 1.83. The van der Waals surface area contributed by atoms with E-state index in [2.05, 4.69) is 4.98 Å². The Hall–Kier alpha value is -2.11. The zero-order chi connectivity index (χ0) is 17.7. The van der Waals surface area contributed by atoms with Gasteiger partial charge in [0.2, 0.25) is 0 Å². The van der Waals surface area contributed by atoms with Crippen molar-refractivity contribution in [1.29, 1.82) is 0 Å². The van der Waals surface area contributed by atoms with Crippen molar-refractivity contribution in [3.63, 3.8) is 0 Å². The summed E-state index contributed by atoms with van der Waals surface area (Å²) in [6.07, 6.45) is 1.96. The van der Waals surface area contributed by atoms with Crippen molar-refractivity contribution < 1.29 is 19.1 Å². The molecular weight excluding hydrogens is 308 g/mol. The maximum absolute atomic E-state index is 12.3. The molecule has 1 spiro atoms. The highest BCUT2D eigenvalue weighted by Gasteiger charge is 2.53. The Morgan fingerprint density at radius 1 is 1.46 bits per heavy atom. The van der Waals surface area contributed by atoms with Gasteiger partial charge in [0, 0.05) is 31.6 Å². The van der Waals surface area contributed by atoms with Gasteiger partial charge in [-0.1, -0.05) is 6.92 Å². The predicted molar refractivity (Wildman–Crippen MR) is 87.7 cm³/mol. The molecule has 2 aliphatic rings. The molecule has 24 heavy (non-hydrogen) atoms. The van der Waals surface area contributed by atoms with Gasteiger partial charge in [0.15, 0.2) is 5.60 Å². The van der Waals surface area contributed by atoms with Gasteiger partial charge < -0.3 is 14.4 Å². The molecule has 0 bridgehead atoms. The number of hydrogen-bond acceptors (Lipinski definition) is 5. The summed E-state index contributed by atoms with van der Waals surface area (Å²) >= 11 is 0. The van der Waals surface area contributed by atoms with E-state index in [4.69, 9.17) is 9.47 Å². The molecule has 2 atom stereocenters. The SMILES string of the molecule is Cc1cnc2c(c1)C(=O)OC21CCN(C(=O)OC(C)(C)C)CC1C. The molecule has 1 aromatic rings. The van der Waals surface area contributed by atoms with Crippen molar-refractivity contribution in [2.45, 2.75) is 52.2 Å². The summed E-state index contributed by atoms with van der Waals surface area (Å²) in [5.41, 5.74) is 0.920. The summed E-state index contributed by atoms with van der Waals surface area (Å²) in [4.78, 5) is 30.7. The van der Waals surface area contributed by atoms with E-state index in [1.54, 1.807) is 11.1 Å². The van der Waals surface area contributed by atoms with Crippen LogP contribution < -0.4 is 0 Å². The van der Waals surface area contributed by atoms with Crippen molar-refractivity contribution in [1.82, 2.24) is 9.88 Å². The van der Waals surface area contributed by atoms with Crippen LogP contribution in [0.3, 0.4) is 0 Å². The third-order valence-electron chi connectivity index (χ3n) is 4.62. The topological polar surface area (TPSA) is 68.7 Å². The molecule has 0 aromatic carbocycles. The number of aryl methyl sites for hydroxylation is 1. The Kier molecular flexibility index (Phi) is 3.81. The number of aromatic nitrogens is 1. The summed E-state index contributed by atoms with van der Waals surface area (Å²) in [5.74, 6) is -0.377. The van der Waals surface area contributed by atoms with E-state index in [9.17, 15) is 9.59 Å². The zero-order valence-corrected chi connectivity index (χ0v) is 14.9. The molecular formula is C18H24N2O4. The average molecular weight is 332 g/mol. The van der Waals surface area contributed by atoms with Crippen LogP contribution in [0, 0.1) is 12.8 Å². The summed E-state index contributed by atoms with van der Waals surface area (Å²) in [6.45, 7) is 10.4. The molecule has 2 aliphatic heterocycles. The monoisotopic (exact) mass is 332 g/mol. The van der Waals surface area contributed by atoms with Gasteiger partial charge in [0.1, 0.15) is 5.60 Å². The van der Waals surface area contributed by atoms with Crippen LogP contribution in [-0.4, -0.2) is 40.6 Å². The Morgan fingerprint density at radius 2 is 2.17 bits per heavy atom. The van der Waals surface area contributed by atoms with Gasteiger partial charge in [0.05, 0.1) is 11.3 Å². The van der Waals surface area contributed by atoms with E-state index in [0.717, 1.165) is 5.56 Å². The van der Waals surface area contributed by atoms with Gasteiger partial charge in [-0.3, -0.25) is 4.98 Å². The summed E-state index contributed by atoms with van der Waals surface area (Å²) in [5, 5.41) is 0. The lowest BCUT2D eigenvalue weighted by Crippen LogP contribution is -2.52. The third-order valence-corrected chi connectivity index (χ3v) is 4.62. The maximum Gasteiger partial charge on any atom is 0.410 e. The molecule has 0 saturated carbocycles. The van der Waals surface area contributed by atoms with Gasteiger partial charge in [-0.05, 0) is 39.3 Å². The molecule has 130 valence electrons. The third kappa shape index (κ3) is 2.74. The van der Waals surface area contributed by atoms with Gasteiger partial charge in [-0.15, -0.1) is 0 Å². The summed E-state index contributed by atoms with van der Waals surface area (Å²) in [6, 6.07) is 1.83. The molecule has 2 unspecified atom stereocenters. The highest BCUT2D eigenvalue weighted by molar-refractivity contribution is 5.94. The number of amides is 1. The van der Waals surface area contributed by atoms with Gasteiger partial charge >= 0.3 is 12.1 Å². The van der Waals surface area contributed by atoms with Crippen molar-refractivity contribution in [2.24, 2.45) is 5.92 Å². The minimum Gasteiger partial charge on any atom is -0.448 e.